The maximum Gasteiger partial charge on any atom is 0.337 e. The zero-order valence-electron chi connectivity index (χ0n) is 9.69. The van der Waals surface area contributed by atoms with Gasteiger partial charge in [-0.1, -0.05) is 11.6 Å². The highest BCUT2D eigenvalue weighted by atomic mass is 16.4. The molecular formula is C12H16N2O3. The summed E-state index contributed by atoms with van der Waals surface area (Å²) in [6.07, 6.45) is 0.879. The number of nitrogens with two attached hydrogens (primary N) is 1. The van der Waals surface area contributed by atoms with Crippen LogP contribution in [0.2, 0.25) is 0 Å². The van der Waals surface area contributed by atoms with Crippen LogP contribution in [0.4, 0.5) is 5.69 Å². The van der Waals surface area contributed by atoms with Crippen molar-refractivity contribution in [2.24, 2.45) is 5.73 Å². The Bertz CT molecular complexity index is 430. The van der Waals surface area contributed by atoms with Crippen molar-refractivity contribution >= 4 is 17.6 Å². The number of benzene rings is 1. The van der Waals surface area contributed by atoms with Crippen molar-refractivity contribution in [2.75, 3.05) is 11.9 Å². The smallest absolute Gasteiger partial charge is 0.337 e. The molecule has 0 heterocycles. The van der Waals surface area contributed by atoms with Crippen molar-refractivity contribution in [2.45, 2.75) is 19.8 Å². The second-order valence-electron chi connectivity index (χ2n) is 3.85. The molecule has 17 heavy (non-hydrogen) atoms. The molecule has 0 saturated heterocycles. The molecule has 0 unspecified atom stereocenters. The molecule has 0 bridgehead atoms. The lowest BCUT2D eigenvalue weighted by atomic mass is 10.1. The summed E-state index contributed by atoms with van der Waals surface area (Å²) in [7, 11) is 0. The Kier molecular flexibility index (Phi) is 4.51. The summed E-state index contributed by atoms with van der Waals surface area (Å²) in [5.41, 5.74) is 6.71. The van der Waals surface area contributed by atoms with Crippen LogP contribution in [0.1, 0.15) is 28.8 Å². The van der Waals surface area contributed by atoms with E-state index < -0.39 is 5.97 Å². The normalized spacial score (nSPS) is 9.94. The van der Waals surface area contributed by atoms with Crippen molar-refractivity contribution in [1.29, 1.82) is 0 Å². The van der Waals surface area contributed by atoms with Gasteiger partial charge in [0, 0.05) is 18.7 Å². The third-order valence-electron chi connectivity index (χ3n) is 2.32. The summed E-state index contributed by atoms with van der Waals surface area (Å²) in [6, 6.07) is 5.17. The molecule has 0 spiro atoms. The quantitative estimate of drug-likeness (QED) is 0.650. The van der Waals surface area contributed by atoms with Crippen molar-refractivity contribution in [1.82, 2.24) is 0 Å². The van der Waals surface area contributed by atoms with Crippen LogP contribution >= 0.6 is 0 Å². The Morgan fingerprint density at radius 1 is 1.41 bits per heavy atom. The number of primary amides is 1. The first kappa shape index (κ1) is 13.0. The van der Waals surface area contributed by atoms with Gasteiger partial charge in [-0.2, -0.15) is 0 Å². The molecule has 0 aliphatic heterocycles. The number of carbonyl (C=O) groups excluding carboxylic acids is 1. The van der Waals surface area contributed by atoms with Gasteiger partial charge < -0.3 is 16.2 Å². The van der Waals surface area contributed by atoms with Crippen molar-refractivity contribution in [3.8, 4) is 0 Å². The molecular weight excluding hydrogens is 220 g/mol. The first-order chi connectivity index (χ1) is 8.00. The highest BCUT2D eigenvalue weighted by molar-refractivity contribution is 5.94. The van der Waals surface area contributed by atoms with E-state index in [4.69, 9.17) is 10.8 Å². The molecule has 4 N–H and O–H groups in total. The van der Waals surface area contributed by atoms with E-state index in [1.165, 1.54) is 0 Å². The van der Waals surface area contributed by atoms with Gasteiger partial charge in [-0.05, 0) is 25.5 Å². The SMILES string of the molecule is Cc1ccc(NCCCC(N)=O)c(C(=O)O)c1. The molecule has 0 aliphatic rings. The molecule has 0 radical (unpaired) electrons. The van der Waals surface area contributed by atoms with E-state index in [0.717, 1.165) is 5.56 Å². The number of hydrogen-bond donors (Lipinski definition) is 3. The topological polar surface area (TPSA) is 92.4 Å². The third kappa shape index (κ3) is 4.14. The summed E-state index contributed by atoms with van der Waals surface area (Å²) >= 11 is 0. The second kappa shape index (κ2) is 5.89. The van der Waals surface area contributed by atoms with Crippen molar-refractivity contribution in [3.05, 3.63) is 29.3 Å². The number of aryl methyl sites for hydroxylation is 1. The monoisotopic (exact) mass is 236 g/mol. The average Bonchev–Trinajstić information content (AvgIpc) is 2.25. The van der Waals surface area contributed by atoms with E-state index in [2.05, 4.69) is 5.32 Å². The summed E-state index contributed by atoms with van der Waals surface area (Å²) in [5.74, 6) is -1.32. The standard InChI is InChI=1S/C12H16N2O3/c1-8-4-5-10(9(7-8)12(16)17)14-6-2-3-11(13)15/h4-5,7,14H,2-3,6H2,1H3,(H2,13,15)(H,16,17). The predicted octanol–water partition coefficient (Wildman–Crippen LogP) is 1.37. The number of hydrogen-bond acceptors (Lipinski definition) is 3. The fourth-order valence-electron chi connectivity index (χ4n) is 1.47. The molecule has 0 fully saturated rings. The minimum absolute atomic E-state index is 0.240. The molecule has 92 valence electrons. The van der Waals surface area contributed by atoms with Crippen molar-refractivity contribution < 1.29 is 14.7 Å². The largest absolute Gasteiger partial charge is 0.478 e. The van der Waals surface area contributed by atoms with Gasteiger partial charge in [0.05, 0.1) is 5.56 Å². The molecule has 5 nitrogen and oxygen atoms in total. The van der Waals surface area contributed by atoms with Crippen molar-refractivity contribution in [3.63, 3.8) is 0 Å². The Labute approximate surface area is 99.6 Å². The van der Waals surface area contributed by atoms with Gasteiger partial charge >= 0.3 is 5.97 Å². The van der Waals surface area contributed by atoms with Gasteiger partial charge in [0.15, 0.2) is 0 Å². The van der Waals surface area contributed by atoms with Crippen LogP contribution in [0.5, 0.6) is 0 Å². The number of aromatic carboxylic acids is 1. The highest BCUT2D eigenvalue weighted by Crippen LogP contribution is 2.17. The van der Waals surface area contributed by atoms with E-state index in [9.17, 15) is 9.59 Å². The predicted molar refractivity (Wildman–Crippen MR) is 65.1 cm³/mol. The summed E-state index contributed by atoms with van der Waals surface area (Å²) in [4.78, 5) is 21.5. The molecule has 1 aromatic carbocycles. The molecule has 1 aromatic rings. The summed E-state index contributed by atoms with van der Waals surface area (Å²) < 4.78 is 0. The first-order valence-corrected chi connectivity index (χ1v) is 5.37. The van der Waals surface area contributed by atoms with Gasteiger partial charge in [-0.15, -0.1) is 0 Å². The fraction of sp³-hybridized carbons (Fsp3) is 0.333. The van der Waals surface area contributed by atoms with Crippen LogP contribution in [-0.2, 0) is 4.79 Å². The van der Waals surface area contributed by atoms with E-state index >= 15 is 0 Å². The number of nitrogens with one attached hydrogen (secondary N) is 1. The van der Waals surface area contributed by atoms with Crippen LogP contribution < -0.4 is 11.1 Å². The highest BCUT2D eigenvalue weighted by Gasteiger charge is 2.09. The Morgan fingerprint density at radius 3 is 2.71 bits per heavy atom. The van der Waals surface area contributed by atoms with Gasteiger partial charge in [0.2, 0.25) is 5.91 Å². The Morgan fingerprint density at radius 2 is 2.12 bits per heavy atom. The summed E-state index contributed by atoms with van der Waals surface area (Å²) in [6.45, 7) is 2.36. The lowest BCUT2D eigenvalue weighted by Crippen LogP contribution is -2.13. The van der Waals surface area contributed by atoms with Crippen LogP contribution in [0.15, 0.2) is 18.2 Å². The number of amides is 1. The first-order valence-electron chi connectivity index (χ1n) is 5.37. The maximum atomic E-state index is 11.0. The molecule has 5 heteroatoms. The molecule has 0 aromatic heterocycles. The fourth-order valence-corrected chi connectivity index (χ4v) is 1.47. The molecule has 1 rings (SSSR count). The second-order valence-corrected chi connectivity index (χ2v) is 3.85. The minimum Gasteiger partial charge on any atom is -0.478 e. The van der Waals surface area contributed by atoms with Gasteiger partial charge in [0.25, 0.3) is 0 Å². The van der Waals surface area contributed by atoms with E-state index in [-0.39, 0.29) is 11.5 Å². The molecule has 0 aliphatic carbocycles. The van der Waals surface area contributed by atoms with E-state index in [1.807, 2.05) is 13.0 Å². The zero-order chi connectivity index (χ0) is 12.8. The number of carboxylic acid groups (broad SMARTS) is 1. The Hall–Kier alpha value is -2.04. The zero-order valence-corrected chi connectivity index (χ0v) is 9.69. The summed E-state index contributed by atoms with van der Waals surface area (Å²) in [5, 5.41) is 12.0. The van der Waals surface area contributed by atoms with Gasteiger partial charge in [0.1, 0.15) is 0 Å². The van der Waals surface area contributed by atoms with Crippen LogP contribution in [0, 0.1) is 6.92 Å². The number of anilines is 1. The lowest BCUT2D eigenvalue weighted by Gasteiger charge is -2.09. The minimum atomic E-state index is -0.967. The number of carboxylic acids is 1. The van der Waals surface area contributed by atoms with E-state index in [1.54, 1.807) is 12.1 Å². The van der Waals surface area contributed by atoms with E-state index in [0.29, 0.717) is 25.1 Å². The molecule has 0 atom stereocenters. The number of carbonyl (C=O) groups is 2. The third-order valence-corrected chi connectivity index (χ3v) is 2.32. The lowest BCUT2D eigenvalue weighted by molar-refractivity contribution is -0.118. The molecule has 0 saturated carbocycles. The maximum absolute atomic E-state index is 11.0. The Balaban J connectivity index is 2.64. The number of rotatable bonds is 6. The van der Waals surface area contributed by atoms with Crippen LogP contribution in [0.25, 0.3) is 0 Å². The molecule has 1 amide bonds. The van der Waals surface area contributed by atoms with Gasteiger partial charge in [-0.25, -0.2) is 4.79 Å². The average molecular weight is 236 g/mol. The van der Waals surface area contributed by atoms with Crippen LogP contribution in [-0.4, -0.2) is 23.5 Å². The van der Waals surface area contributed by atoms with Crippen LogP contribution in [0.3, 0.4) is 0 Å². The van der Waals surface area contributed by atoms with Gasteiger partial charge in [-0.3, -0.25) is 4.79 Å².